The van der Waals surface area contributed by atoms with Gasteiger partial charge in [0.05, 0.1) is 0 Å². The number of carbonyl (C=O) groups excluding carboxylic acids is 1. The molecule has 0 aliphatic carbocycles. The molecule has 3 rings (SSSR count). The van der Waals surface area contributed by atoms with Crippen molar-refractivity contribution in [2.45, 2.75) is 19.0 Å². The van der Waals surface area contributed by atoms with Crippen LogP contribution in [0.15, 0.2) is 54.6 Å². The average Bonchev–Trinajstić information content (AvgIpc) is 2.53. The Bertz CT molecular complexity index is 595. The highest BCUT2D eigenvalue weighted by atomic mass is 16.1. The first-order valence-electron chi connectivity index (χ1n) is 6.96. The number of benzene rings is 2. The molecule has 0 saturated heterocycles. The molecule has 0 aromatic heterocycles. The van der Waals surface area contributed by atoms with Gasteiger partial charge in [0.25, 0.3) is 5.91 Å². The van der Waals surface area contributed by atoms with E-state index in [2.05, 4.69) is 34.9 Å². The van der Waals surface area contributed by atoms with Crippen molar-refractivity contribution in [3.05, 3.63) is 71.3 Å². The molecule has 0 spiro atoms. The van der Waals surface area contributed by atoms with E-state index in [1.54, 1.807) is 0 Å². The van der Waals surface area contributed by atoms with Crippen molar-refractivity contribution in [1.82, 2.24) is 10.6 Å². The molecule has 0 radical (unpaired) electrons. The van der Waals surface area contributed by atoms with Crippen LogP contribution in [0, 0.1) is 0 Å². The molecule has 1 aliphatic heterocycles. The number of rotatable bonds is 3. The summed E-state index contributed by atoms with van der Waals surface area (Å²) in [5, 5.41) is 6.47. The van der Waals surface area contributed by atoms with E-state index >= 15 is 0 Å². The molecule has 0 fully saturated rings. The zero-order chi connectivity index (χ0) is 13.8. The Morgan fingerprint density at radius 2 is 1.75 bits per heavy atom. The van der Waals surface area contributed by atoms with Gasteiger partial charge in [-0.05, 0) is 29.7 Å². The molecule has 1 heterocycles. The van der Waals surface area contributed by atoms with Crippen LogP contribution in [-0.4, -0.2) is 18.5 Å². The molecule has 2 N–H and O–H groups in total. The lowest BCUT2D eigenvalue weighted by atomic mass is 9.96. The van der Waals surface area contributed by atoms with Crippen molar-refractivity contribution in [3.63, 3.8) is 0 Å². The molecule has 0 saturated carbocycles. The lowest BCUT2D eigenvalue weighted by Crippen LogP contribution is -2.44. The van der Waals surface area contributed by atoms with Crippen LogP contribution in [0.5, 0.6) is 0 Å². The van der Waals surface area contributed by atoms with Crippen molar-refractivity contribution in [2.24, 2.45) is 0 Å². The summed E-state index contributed by atoms with van der Waals surface area (Å²) in [6.07, 6.45) is 0.964. The van der Waals surface area contributed by atoms with Gasteiger partial charge in [0.15, 0.2) is 0 Å². The van der Waals surface area contributed by atoms with Gasteiger partial charge in [-0.2, -0.15) is 0 Å². The zero-order valence-electron chi connectivity index (χ0n) is 11.3. The lowest BCUT2D eigenvalue weighted by molar-refractivity contribution is 0.0949. The van der Waals surface area contributed by atoms with Gasteiger partial charge in [-0.1, -0.05) is 42.5 Å². The van der Waals surface area contributed by atoms with Crippen LogP contribution >= 0.6 is 0 Å². The Kier molecular flexibility index (Phi) is 3.79. The second-order valence-corrected chi connectivity index (χ2v) is 5.13. The summed E-state index contributed by atoms with van der Waals surface area (Å²) in [4.78, 5) is 12.0. The number of carbonyl (C=O) groups is 1. The van der Waals surface area contributed by atoms with Crippen molar-refractivity contribution in [1.29, 1.82) is 0 Å². The number of fused-ring (bicyclic) bond motifs is 1. The normalized spacial score (nSPS) is 17.3. The maximum absolute atomic E-state index is 12.0. The third kappa shape index (κ3) is 2.89. The van der Waals surface area contributed by atoms with Gasteiger partial charge in [-0.25, -0.2) is 0 Å². The van der Waals surface area contributed by atoms with E-state index in [9.17, 15) is 4.79 Å². The maximum Gasteiger partial charge on any atom is 0.251 e. The molecule has 20 heavy (non-hydrogen) atoms. The summed E-state index contributed by atoms with van der Waals surface area (Å²) in [5.41, 5.74) is 3.45. The van der Waals surface area contributed by atoms with E-state index in [0.29, 0.717) is 18.2 Å². The standard InChI is InChI=1S/C17H18N2O/c20-17(13-6-2-1-3-7-13)19-12-16-10-14-8-4-5-9-15(14)11-18-16/h1-9,16,18H,10-12H2,(H,19,20)/t16-/m0/s1. The minimum absolute atomic E-state index is 0.00809. The minimum Gasteiger partial charge on any atom is -0.350 e. The molecule has 1 atom stereocenters. The van der Waals surface area contributed by atoms with Gasteiger partial charge < -0.3 is 10.6 Å². The van der Waals surface area contributed by atoms with Gasteiger partial charge in [-0.15, -0.1) is 0 Å². The molecule has 1 amide bonds. The third-order valence-corrected chi connectivity index (χ3v) is 3.71. The van der Waals surface area contributed by atoms with E-state index in [4.69, 9.17) is 0 Å². The lowest BCUT2D eigenvalue weighted by Gasteiger charge is -2.26. The highest BCUT2D eigenvalue weighted by Gasteiger charge is 2.18. The molecule has 0 bridgehead atoms. The summed E-state index contributed by atoms with van der Waals surface area (Å²) in [6, 6.07) is 18.1. The predicted octanol–water partition coefficient (Wildman–Crippen LogP) is 2.13. The van der Waals surface area contributed by atoms with Crippen LogP contribution in [0.25, 0.3) is 0 Å². The smallest absolute Gasteiger partial charge is 0.251 e. The number of hydrogen-bond donors (Lipinski definition) is 2. The summed E-state index contributed by atoms with van der Waals surface area (Å²) < 4.78 is 0. The molecule has 3 heteroatoms. The second kappa shape index (κ2) is 5.88. The molecular formula is C17H18N2O. The fourth-order valence-corrected chi connectivity index (χ4v) is 2.57. The first-order chi connectivity index (χ1) is 9.83. The van der Waals surface area contributed by atoms with E-state index in [0.717, 1.165) is 13.0 Å². The molecule has 0 unspecified atom stereocenters. The summed E-state index contributed by atoms with van der Waals surface area (Å²) >= 11 is 0. The minimum atomic E-state index is -0.00809. The van der Waals surface area contributed by atoms with E-state index in [1.165, 1.54) is 11.1 Å². The Balaban J connectivity index is 1.57. The van der Waals surface area contributed by atoms with Crippen LogP contribution in [-0.2, 0) is 13.0 Å². The number of nitrogens with one attached hydrogen (secondary N) is 2. The Hall–Kier alpha value is -2.13. The molecule has 2 aromatic carbocycles. The topological polar surface area (TPSA) is 41.1 Å². The fraction of sp³-hybridized carbons (Fsp3) is 0.235. The Morgan fingerprint density at radius 1 is 1.05 bits per heavy atom. The molecule has 1 aliphatic rings. The van der Waals surface area contributed by atoms with E-state index in [-0.39, 0.29) is 5.91 Å². The quantitative estimate of drug-likeness (QED) is 0.893. The second-order valence-electron chi connectivity index (χ2n) is 5.13. The van der Waals surface area contributed by atoms with Crippen LogP contribution < -0.4 is 10.6 Å². The summed E-state index contributed by atoms with van der Waals surface area (Å²) in [7, 11) is 0. The first-order valence-corrected chi connectivity index (χ1v) is 6.96. The van der Waals surface area contributed by atoms with E-state index < -0.39 is 0 Å². The monoisotopic (exact) mass is 266 g/mol. The van der Waals surface area contributed by atoms with Crippen molar-refractivity contribution in [3.8, 4) is 0 Å². The van der Waals surface area contributed by atoms with Crippen LogP contribution in [0.1, 0.15) is 21.5 Å². The van der Waals surface area contributed by atoms with E-state index in [1.807, 2.05) is 30.3 Å². The number of amides is 1. The van der Waals surface area contributed by atoms with Crippen LogP contribution in [0.2, 0.25) is 0 Å². The third-order valence-electron chi connectivity index (χ3n) is 3.71. The van der Waals surface area contributed by atoms with Gasteiger partial charge >= 0.3 is 0 Å². The Morgan fingerprint density at radius 3 is 2.55 bits per heavy atom. The summed E-state index contributed by atoms with van der Waals surface area (Å²) in [5.74, 6) is -0.00809. The predicted molar refractivity (Wildman–Crippen MR) is 79.5 cm³/mol. The first kappa shape index (κ1) is 12.9. The van der Waals surface area contributed by atoms with Crippen LogP contribution in [0.3, 0.4) is 0 Å². The van der Waals surface area contributed by atoms with Gasteiger partial charge in [0.1, 0.15) is 0 Å². The molecule has 2 aromatic rings. The van der Waals surface area contributed by atoms with Gasteiger partial charge in [0, 0.05) is 24.7 Å². The van der Waals surface area contributed by atoms with Crippen molar-refractivity contribution < 1.29 is 4.79 Å². The van der Waals surface area contributed by atoms with Crippen LogP contribution in [0.4, 0.5) is 0 Å². The fourth-order valence-electron chi connectivity index (χ4n) is 2.57. The summed E-state index contributed by atoms with van der Waals surface area (Å²) in [6.45, 7) is 1.53. The van der Waals surface area contributed by atoms with Gasteiger partial charge in [-0.3, -0.25) is 4.79 Å². The van der Waals surface area contributed by atoms with Gasteiger partial charge in [0.2, 0.25) is 0 Å². The van der Waals surface area contributed by atoms with Crippen molar-refractivity contribution >= 4 is 5.91 Å². The highest BCUT2D eigenvalue weighted by molar-refractivity contribution is 5.94. The maximum atomic E-state index is 12.0. The molecule has 102 valence electrons. The largest absolute Gasteiger partial charge is 0.350 e. The highest BCUT2D eigenvalue weighted by Crippen LogP contribution is 2.15. The van der Waals surface area contributed by atoms with Crippen molar-refractivity contribution in [2.75, 3.05) is 6.54 Å². The average molecular weight is 266 g/mol. The number of hydrogen-bond acceptors (Lipinski definition) is 2. The molecule has 3 nitrogen and oxygen atoms in total. The zero-order valence-corrected chi connectivity index (χ0v) is 11.3. The molecular weight excluding hydrogens is 248 g/mol. The Labute approximate surface area is 119 Å². The SMILES string of the molecule is O=C(NC[C@@H]1Cc2ccccc2CN1)c1ccccc1.